The number of primary sulfonamides is 1. The van der Waals surface area contributed by atoms with E-state index in [1.54, 1.807) is 0 Å². The Morgan fingerprint density at radius 2 is 2.00 bits per heavy atom. The second-order valence-corrected chi connectivity index (χ2v) is 7.35. The van der Waals surface area contributed by atoms with Crippen molar-refractivity contribution in [3.63, 3.8) is 0 Å². The van der Waals surface area contributed by atoms with E-state index in [-0.39, 0.29) is 5.75 Å². The van der Waals surface area contributed by atoms with Gasteiger partial charge in [-0.3, -0.25) is 0 Å². The summed E-state index contributed by atoms with van der Waals surface area (Å²) in [6.45, 7) is 5.09. The maximum Gasteiger partial charge on any atom is 0.210 e. The largest absolute Gasteiger partial charge is 0.313 e. The van der Waals surface area contributed by atoms with Crippen LogP contribution < -0.4 is 10.5 Å². The van der Waals surface area contributed by atoms with Crippen LogP contribution in [0.4, 0.5) is 0 Å². The van der Waals surface area contributed by atoms with Gasteiger partial charge < -0.3 is 5.32 Å². The van der Waals surface area contributed by atoms with E-state index in [4.69, 9.17) is 5.14 Å². The summed E-state index contributed by atoms with van der Waals surface area (Å²) in [4.78, 5) is 0. The Morgan fingerprint density at radius 1 is 1.31 bits per heavy atom. The molecule has 0 heterocycles. The summed E-state index contributed by atoms with van der Waals surface area (Å²) in [5.74, 6) is 0.0346. The molecular formula is C11H24N2O2S. The molecule has 0 amide bonds. The van der Waals surface area contributed by atoms with Crippen molar-refractivity contribution < 1.29 is 8.42 Å². The van der Waals surface area contributed by atoms with Gasteiger partial charge in [0.2, 0.25) is 10.0 Å². The molecule has 96 valence electrons. The zero-order chi connectivity index (χ0) is 12.2. The van der Waals surface area contributed by atoms with Crippen molar-refractivity contribution >= 4 is 10.0 Å². The summed E-state index contributed by atoms with van der Waals surface area (Å²) in [6.07, 6.45) is 5.98. The van der Waals surface area contributed by atoms with Crippen LogP contribution in [0, 0.1) is 5.41 Å². The molecule has 1 rings (SSSR count). The van der Waals surface area contributed by atoms with E-state index in [0.717, 1.165) is 12.8 Å². The van der Waals surface area contributed by atoms with E-state index < -0.39 is 10.0 Å². The van der Waals surface area contributed by atoms with Gasteiger partial charge in [-0.1, -0.05) is 20.3 Å². The molecule has 5 heteroatoms. The third-order valence-corrected chi connectivity index (χ3v) is 4.17. The first-order valence-electron chi connectivity index (χ1n) is 6.02. The Bertz CT molecular complexity index is 312. The van der Waals surface area contributed by atoms with Gasteiger partial charge in [0, 0.05) is 12.6 Å². The molecule has 4 nitrogen and oxygen atoms in total. The molecule has 0 spiro atoms. The summed E-state index contributed by atoms with van der Waals surface area (Å²) in [5.41, 5.74) is 0.441. The van der Waals surface area contributed by atoms with Crippen LogP contribution in [0.5, 0.6) is 0 Å². The third-order valence-electron chi connectivity index (χ3n) is 3.40. The zero-order valence-corrected chi connectivity index (χ0v) is 11.1. The highest BCUT2D eigenvalue weighted by atomic mass is 32.2. The van der Waals surface area contributed by atoms with Crippen LogP contribution in [0.25, 0.3) is 0 Å². The Kier molecular flexibility index (Phi) is 4.76. The third kappa shape index (κ3) is 5.82. The van der Waals surface area contributed by atoms with Gasteiger partial charge in [-0.15, -0.1) is 0 Å². The fraction of sp³-hybridized carbons (Fsp3) is 1.00. The van der Waals surface area contributed by atoms with Crippen molar-refractivity contribution in [2.24, 2.45) is 10.6 Å². The monoisotopic (exact) mass is 248 g/mol. The van der Waals surface area contributed by atoms with Gasteiger partial charge in [-0.25, -0.2) is 13.6 Å². The Hall–Kier alpha value is -0.130. The van der Waals surface area contributed by atoms with Gasteiger partial charge in [0.25, 0.3) is 0 Å². The number of nitrogens with one attached hydrogen (secondary N) is 1. The number of nitrogens with two attached hydrogens (primary N) is 1. The maximum absolute atomic E-state index is 10.8. The first-order chi connectivity index (χ1) is 7.29. The van der Waals surface area contributed by atoms with Gasteiger partial charge in [0.05, 0.1) is 5.75 Å². The van der Waals surface area contributed by atoms with Crippen LogP contribution in [0.1, 0.15) is 46.0 Å². The lowest BCUT2D eigenvalue weighted by molar-refractivity contribution is 0.310. The molecule has 0 aromatic rings. The van der Waals surface area contributed by atoms with Crippen LogP contribution in [0.3, 0.4) is 0 Å². The van der Waals surface area contributed by atoms with E-state index in [0.29, 0.717) is 18.0 Å². The SMILES string of the molecule is CC1(C)CCCC(NCCS(N)(=O)=O)CC1. The molecule has 1 unspecified atom stereocenters. The van der Waals surface area contributed by atoms with Crippen LogP contribution in [-0.4, -0.2) is 26.8 Å². The molecule has 16 heavy (non-hydrogen) atoms. The Morgan fingerprint density at radius 3 is 2.62 bits per heavy atom. The molecule has 0 saturated heterocycles. The van der Waals surface area contributed by atoms with Crippen LogP contribution in [0.2, 0.25) is 0 Å². The molecule has 1 atom stereocenters. The standard InChI is InChI=1S/C11H24N2O2S/c1-11(2)6-3-4-10(5-7-11)13-8-9-16(12,14)15/h10,13H,3-9H2,1-2H3,(H2,12,14,15). The second kappa shape index (κ2) is 5.47. The van der Waals surface area contributed by atoms with Crippen molar-refractivity contribution in [1.29, 1.82) is 0 Å². The lowest BCUT2D eigenvalue weighted by Gasteiger charge is -2.22. The quantitative estimate of drug-likeness (QED) is 0.735. The predicted octanol–water partition coefficient (Wildman–Crippen LogP) is 1.22. The van der Waals surface area contributed by atoms with Crippen molar-refractivity contribution in [2.75, 3.05) is 12.3 Å². The average Bonchev–Trinajstić information content (AvgIpc) is 2.26. The summed E-state index contributed by atoms with van der Waals surface area (Å²) in [6, 6.07) is 0.462. The lowest BCUT2D eigenvalue weighted by Crippen LogP contribution is -2.34. The minimum Gasteiger partial charge on any atom is -0.313 e. The second-order valence-electron chi connectivity index (χ2n) is 5.61. The van der Waals surface area contributed by atoms with Crippen molar-refractivity contribution in [3.05, 3.63) is 0 Å². The van der Waals surface area contributed by atoms with Crippen molar-refractivity contribution in [2.45, 2.75) is 52.0 Å². The molecule has 1 aliphatic rings. The molecule has 1 saturated carbocycles. The molecule has 0 radical (unpaired) electrons. The summed E-state index contributed by atoms with van der Waals surface area (Å²) in [5, 5.41) is 8.25. The summed E-state index contributed by atoms with van der Waals surface area (Å²) < 4.78 is 21.6. The van der Waals surface area contributed by atoms with E-state index >= 15 is 0 Å². The molecule has 1 fully saturated rings. The van der Waals surface area contributed by atoms with E-state index in [1.807, 2.05) is 0 Å². The fourth-order valence-corrected chi connectivity index (χ4v) is 2.67. The Labute approximate surface area is 99.0 Å². The van der Waals surface area contributed by atoms with Gasteiger partial charge in [0.15, 0.2) is 0 Å². The van der Waals surface area contributed by atoms with E-state index in [9.17, 15) is 8.42 Å². The molecular weight excluding hydrogens is 224 g/mol. The van der Waals surface area contributed by atoms with E-state index in [2.05, 4.69) is 19.2 Å². The number of rotatable bonds is 4. The molecule has 0 bridgehead atoms. The summed E-state index contributed by atoms with van der Waals surface area (Å²) in [7, 11) is -3.32. The topological polar surface area (TPSA) is 72.2 Å². The maximum atomic E-state index is 10.8. The molecule has 0 aromatic heterocycles. The van der Waals surface area contributed by atoms with Crippen LogP contribution in [0.15, 0.2) is 0 Å². The van der Waals surface area contributed by atoms with Crippen molar-refractivity contribution in [3.8, 4) is 0 Å². The van der Waals surface area contributed by atoms with E-state index in [1.165, 1.54) is 19.3 Å². The highest BCUT2D eigenvalue weighted by molar-refractivity contribution is 7.89. The van der Waals surface area contributed by atoms with Gasteiger partial charge >= 0.3 is 0 Å². The van der Waals surface area contributed by atoms with Gasteiger partial charge in [-0.05, 0) is 31.1 Å². The number of hydrogen-bond donors (Lipinski definition) is 2. The molecule has 1 aliphatic carbocycles. The highest BCUT2D eigenvalue weighted by Gasteiger charge is 2.23. The summed E-state index contributed by atoms with van der Waals surface area (Å²) >= 11 is 0. The van der Waals surface area contributed by atoms with Gasteiger partial charge in [-0.2, -0.15) is 0 Å². The van der Waals surface area contributed by atoms with Crippen LogP contribution in [-0.2, 0) is 10.0 Å². The number of hydrogen-bond acceptors (Lipinski definition) is 3. The minimum atomic E-state index is -3.32. The minimum absolute atomic E-state index is 0.0346. The van der Waals surface area contributed by atoms with Crippen molar-refractivity contribution in [1.82, 2.24) is 5.32 Å². The zero-order valence-electron chi connectivity index (χ0n) is 10.3. The predicted molar refractivity (Wildman–Crippen MR) is 66.6 cm³/mol. The fourth-order valence-electron chi connectivity index (χ4n) is 2.27. The molecule has 0 aliphatic heterocycles. The first kappa shape index (κ1) is 13.9. The molecule has 0 aromatic carbocycles. The molecule has 3 N–H and O–H groups in total. The average molecular weight is 248 g/mol. The van der Waals surface area contributed by atoms with Gasteiger partial charge in [0.1, 0.15) is 0 Å². The lowest BCUT2D eigenvalue weighted by atomic mass is 9.85. The highest BCUT2D eigenvalue weighted by Crippen LogP contribution is 2.33. The normalized spacial score (nSPS) is 26.3. The first-order valence-corrected chi connectivity index (χ1v) is 7.74. The Balaban J connectivity index is 2.28. The smallest absolute Gasteiger partial charge is 0.210 e. The van der Waals surface area contributed by atoms with Crippen LogP contribution >= 0.6 is 0 Å². The number of sulfonamides is 1.